The second-order valence-electron chi connectivity index (χ2n) is 4.04. The van der Waals surface area contributed by atoms with Crippen LogP contribution in [0.2, 0.25) is 5.02 Å². The van der Waals surface area contributed by atoms with Gasteiger partial charge < -0.3 is 4.74 Å². The highest BCUT2D eigenvalue weighted by atomic mass is 35.5. The van der Waals surface area contributed by atoms with E-state index in [4.69, 9.17) is 16.3 Å². The van der Waals surface area contributed by atoms with Crippen LogP contribution in [0.1, 0.15) is 11.1 Å². The van der Waals surface area contributed by atoms with Crippen LogP contribution in [0, 0.1) is 0 Å². The first kappa shape index (κ1) is 14.1. The molecule has 7 heteroatoms. The van der Waals surface area contributed by atoms with Crippen LogP contribution in [-0.2, 0) is 10.9 Å². The Morgan fingerprint density at radius 3 is 2.53 bits per heavy atom. The predicted molar refractivity (Wildman–Crippen MR) is 66.4 cm³/mol. The zero-order valence-electron chi connectivity index (χ0n) is 9.95. The fourth-order valence-electron chi connectivity index (χ4n) is 1.62. The monoisotopic (exact) mass is 292 g/mol. The highest BCUT2D eigenvalue weighted by Gasteiger charge is 2.30. The molecule has 0 aliphatic carbocycles. The summed E-state index contributed by atoms with van der Waals surface area (Å²) in [5, 5.41) is 5.99. The second kappa shape index (κ2) is 5.79. The number of nitrogens with zero attached hydrogens (tertiary/aromatic N) is 2. The van der Waals surface area contributed by atoms with Crippen molar-refractivity contribution in [3.63, 3.8) is 0 Å². The lowest BCUT2D eigenvalue weighted by atomic mass is 10.1. The van der Waals surface area contributed by atoms with Gasteiger partial charge in [0.15, 0.2) is 0 Å². The summed E-state index contributed by atoms with van der Waals surface area (Å²) in [6, 6.07) is 3.21. The van der Waals surface area contributed by atoms with Gasteiger partial charge in [-0.3, -0.25) is 5.01 Å². The first-order valence-electron chi connectivity index (χ1n) is 5.70. The molecule has 104 valence electrons. The van der Waals surface area contributed by atoms with E-state index >= 15 is 0 Å². The summed E-state index contributed by atoms with van der Waals surface area (Å²) in [7, 11) is 0. The SMILES string of the molecule is FC(F)(F)c1ccc(/C=N\N2CCOCC2)c(Cl)c1. The summed E-state index contributed by atoms with van der Waals surface area (Å²) in [6.45, 7) is 2.51. The zero-order valence-corrected chi connectivity index (χ0v) is 10.7. The highest BCUT2D eigenvalue weighted by Crippen LogP contribution is 2.31. The van der Waals surface area contributed by atoms with Gasteiger partial charge >= 0.3 is 6.18 Å². The Labute approximate surface area is 113 Å². The van der Waals surface area contributed by atoms with Gasteiger partial charge in [0.2, 0.25) is 0 Å². The van der Waals surface area contributed by atoms with E-state index in [-0.39, 0.29) is 5.02 Å². The minimum atomic E-state index is -4.39. The molecule has 0 unspecified atom stereocenters. The van der Waals surface area contributed by atoms with Gasteiger partial charge in [0.1, 0.15) is 0 Å². The molecule has 0 amide bonds. The van der Waals surface area contributed by atoms with Crippen LogP contribution in [0.4, 0.5) is 13.2 Å². The topological polar surface area (TPSA) is 24.8 Å². The van der Waals surface area contributed by atoms with Crippen LogP contribution in [-0.4, -0.2) is 37.5 Å². The quantitative estimate of drug-likeness (QED) is 0.783. The molecular formula is C12H12ClF3N2O. The van der Waals surface area contributed by atoms with Gasteiger partial charge in [-0.25, -0.2) is 0 Å². The summed E-state index contributed by atoms with van der Waals surface area (Å²) in [5.41, 5.74) is -0.304. The molecular weight excluding hydrogens is 281 g/mol. The molecule has 1 heterocycles. The normalized spacial score (nSPS) is 17.2. The average Bonchev–Trinajstić information content (AvgIpc) is 2.37. The van der Waals surface area contributed by atoms with Crippen molar-refractivity contribution < 1.29 is 17.9 Å². The van der Waals surface area contributed by atoms with Gasteiger partial charge in [-0.1, -0.05) is 17.7 Å². The fourth-order valence-corrected chi connectivity index (χ4v) is 1.85. The third-order valence-electron chi connectivity index (χ3n) is 2.68. The molecule has 2 rings (SSSR count). The minimum absolute atomic E-state index is 0.0341. The van der Waals surface area contributed by atoms with Crippen molar-refractivity contribution >= 4 is 17.8 Å². The molecule has 1 aromatic rings. The zero-order chi connectivity index (χ0) is 13.9. The Balaban J connectivity index is 2.10. The number of hydrogen-bond acceptors (Lipinski definition) is 3. The van der Waals surface area contributed by atoms with Crippen LogP contribution in [0.5, 0.6) is 0 Å². The van der Waals surface area contributed by atoms with Crippen LogP contribution < -0.4 is 0 Å². The maximum absolute atomic E-state index is 12.5. The Morgan fingerprint density at radius 1 is 1.26 bits per heavy atom. The first-order valence-corrected chi connectivity index (χ1v) is 6.08. The van der Waals surface area contributed by atoms with Gasteiger partial charge in [-0.2, -0.15) is 18.3 Å². The molecule has 0 atom stereocenters. The highest BCUT2D eigenvalue weighted by molar-refractivity contribution is 6.33. The molecule has 0 N–H and O–H groups in total. The summed E-state index contributed by atoms with van der Waals surface area (Å²) in [4.78, 5) is 0. The summed E-state index contributed by atoms with van der Waals surface area (Å²) in [5.74, 6) is 0. The van der Waals surface area contributed by atoms with Crippen LogP contribution in [0.15, 0.2) is 23.3 Å². The lowest BCUT2D eigenvalue weighted by Crippen LogP contribution is -2.32. The van der Waals surface area contributed by atoms with Crippen molar-refractivity contribution in [3.05, 3.63) is 34.3 Å². The lowest BCUT2D eigenvalue weighted by Gasteiger charge is -2.23. The minimum Gasteiger partial charge on any atom is -0.378 e. The summed E-state index contributed by atoms with van der Waals surface area (Å²) >= 11 is 5.82. The molecule has 1 saturated heterocycles. The number of hydrogen-bond donors (Lipinski definition) is 0. The predicted octanol–water partition coefficient (Wildman–Crippen LogP) is 3.02. The number of benzene rings is 1. The van der Waals surface area contributed by atoms with E-state index in [0.717, 1.165) is 12.1 Å². The third kappa shape index (κ3) is 3.84. The standard InChI is InChI=1S/C12H12ClF3N2O/c13-11-7-10(12(14,15)16)2-1-9(11)8-17-18-3-5-19-6-4-18/h1-2,7-8H,3-6H2/b17-8-. The van der Waals surface area contributed by atoms with Crippen molar-refractivity contribution in [1.82, 2.24) is 5.01 Å². The molecule has 19 heavy (non-hydrogen) atoms. The molecule has 0 saturated carbocycles. The van der Waals surface area contributed by atoms with E-state index in [2.05, 4.69) is 5.10 Å². The molecule has 1 aliphatic heterocycles. The fraction of sp³-hybridized carbons (Fsp3) is 0.417. The maximum Gasteiger partial charge on any atom is 0.416 e. The van der Waals surface area contributed by atoms with Crippen LogP contribution in [0.25, 0.3) is 0 Å². The molecule has 1 aliphatic rings. The number of alkyl halides is 3. The van der Waals surface area contributed by atoms with Crippen molar-refractivity contribution in [2.24, 2.45) is 5.10 Å². The van der Waals surface area contributed by atoms with Gasteiger partial charge in [0.05, 0.1) is 43.1 Å². The first-order chi connectivity index (χ1) is 8.97. The van der Waals surface area contributed by atoms with Gasteiger partial charge in [-0.15, -0.1) is 0 Å². The van der Waals surface area contributed by atoms with Gasteiger partial charge in [-0.05, 0) is 12.1 Å². The molecule has 1 aromatic carbocycles. The third-order valence-corrected chi connectivity index (χ3v) is 3.00. The van der Waals surface area contributed by atoms with E-state index < -0.39 is 11.7 Å². The lowest BCUT2D eigenvalue weighted by molar-refractivity contribution is -0.137. The smallest absolute Gasteiger partial charge is 0.378 e. The van der Waals surface area contributed by atoms with Crippen LogP contribution >= 0.6 is 11.6 Å². The number of ether oxygens (including phenoxy) is 1. The summed E-state index contributed by atoms with van der Waals surface area (Å²) < 4.78 is 42.5. The Morgan fingerprint density at radius 2 is 1.95 bits per heavy atom. The number of hydrazone groups is 1. The van der Waals surface area contributed by atoms with Gasteiger partial charge in [0.25, 0.3) is 0 Å². The van der Waals surface area contributed by atoms with E-state index in [1.54, 1.807) is 5.01 Å². The Kier molecular flexibility index (Phi) is 4.31. The number of halogens is 4. The number of rotatable bonds is 2. The second-order valence-corrected chi connectivity index (χ2v) is 4.45. The summed E-state index contributed by atoms with van der Waals surface area (Å²) in [6.07, 6.45) is -2.92. The molecule has 0 aromatic heterocycles. The van der Waals surface area contributed by atoms with E-state index in [1.165, 1.54) is 12.3 Å². The van der Waals surface area contributed by atoms with Crippen LogP contribution in [0.3, 0.4) is 0 Å². The maximum atomic E-state index is 12.5. The molecule has 3 nitrogen and oxygen atoms in total. The molecule has 0 spiro atoms. The molecule has 0 radical (unpaired) electrons. The Bertz CT molecular complexity index is 471. The van der Waals surface area contributed by atoms with E-state index in [0.29, 0.717) is 31.9 Å². The average molecular weight is 293 g/mol. The van der Waals surface area contributed by atoms with Crippen molar-refractivity contribution in [2.75, 3.05) is 26.3 Å². The largest absolute Gasteiger partial charge is 0.416 e. The van der Waals surface area contributed by atoms with Crippen molar-refractivity contribution in [1.29, 1.82) is 0 Å². The van der Waals surface area contributed by atoms with Crippen molar-refractivity contribution in [3.8, 4) is 0 Å². The molecule has 1 fully saturated rings. The van der Waals surface area contributed by atoms with E-state index in [9.17, 15) is 13.2 Å². The van der Waals surface area contributed by atoms with E-state index in [1.807, 2.05) is 0 Å². The van der Waals surface area contributed by atoms with Crippen molar-refractivity contribution in [2.45, 2.75) is 6.18 Å². The number of morpholine rings is 1. The molecule has 0 bridgehead atoms. The van der Waals surface area contributed by atoms with Gasteiger partial charge in [0, 0.05) is 5.56 Å². The Hall–Kier alpha value is -1.27.